The minimum absolute atomic E-state index is 0.0710. The monoisotopic (exact) mass is 397 g/mol. The number of amides is 4. The van der Waals surface area contributed by atoms with Gasteiger partial charge in [-0.05, 0) is 43.2 Å². The average molecular weight is 397 g/mol. The molecule has 1 unspecified atom stereocenters. The lowest BCUT2D eigenvalue weighted by atomic mass is 10.0. The first kappa shape index (κ1) is 20.3. The van der Waals surface area contributed by atoms with Crippen LogP contribution in [0.25, 0.3) is 0 Å². The van der Waals surface area contributed by atoms with Crippen molar-refractivity contribution in [3.8, 4) is 0 Å². The van der Waals surface area contributed by atoms with Gasteiger partial charge in [0, 0.05) is 11.6 Å². The van der Waals surface area contributed by atoms with Gasteiger partial charge in [-0.3, -0.25) is 9.59 Å². The quantitative estimate of drug-likeness (QED) is 0.728. The largest absolute Gasteiger partial charge is 0.427 e. The standard InChI is InChI=1S/C21H23N3O5/c1-4-6-12(2)16-9-13(3)18(20(27)29-16)19(26)23-14-7-5-8-15(10-14)24-17(25)11-22-21(24)28/h5,7-10,12H,4,6,11H2,1-3H3,(H,22,28)(H,23,26). The van der Waals surface area contributed by atoms with Crippen LogP contribution in [-0.2, 0) is 4.79 Å². The Bertz CT molecular complexity index is 1010. The van der Waals surface area contributed by atoms with E-state index in [0.717, 1.165) is 17.7 Å². The van der Waals surface area contributed by atoms with Gasteiger partial charge in [0.05, 0.1) is 12.2 Å². The highest BCUT2D eigenvalue weighted by Crippen LogP contribution is 2.23. The molecule has 0 aliphatic carbocycles. The Balaban J connectivity index is 1.84. The van der Waals surface area contributed by atoms with E-state index < -0.39 is 17.6 Å². The summed E-state index contributed by atoms with van der Waals surface area (Å²) in [7, 11) is 0. The Labute approximate surface area is 167 Å². The van der Waals surface area contributed by atoms with E-state index in [4.69, 9.17) is 4.42 Å². The molecule has 1 aliphatic rings. The first-order valence-corrected chi connectivity index (χ1v) is 9.48. The number of benzene rings is 1. The second-order valence-corrected chi connectivity index (χ2v) is 7.08. The zero-order chi connectivity index (χ0) is 21.1. The molecule has 0 saturated carbocycles. The zero-order valence-electron chi connectivity index (χ0n) is 16.6. The molecule has 1 saturated heterocycles. The van der Waals surface area contributed by atoms with Crippen LogP contribution in [-0.4, -0.2) is 24.4 Å². The molecular weight excluding hydrogens is 374 g/mol. The van der Waals surface area contributed by atoms with Gasteiger partial charge >= 0.3 is 11.7 Å². The third kappa shape index (κ3) is 4.21. The number of aryl methyl sites for hydroxylation is 1. The molecular formula is C21H23N3O5. The Morgan fingerprint density at radius 2 is 2.03 bits per heavy atom. The predicted molar refractivity (Wildman–Crippen MR) is 108 cm³/mol. The summed E-state index contributed by atoms with van der Waals surface area (Å²) in [6.07, 6.45) is 1.84. The number of nitrogens with zero attached hydrogens (tertiary/aromatic N) is 1. The molecule has 1 atom stereocenters. The van der Waals surface area contributed by atoms with Crippen LogP contribution in [0.15, 0.2) is 39.5 Å². The van der Waals surface area contributed by atoms with Crippen molar-refractivity contribution in [1.82, 2.24) is 5.32 Å². The average Bonchev–Trinajstić information content (AvgIpc) is 2.99. The van der Waals surface area contributed by atoms with E-state index in [1.54, 1.807) is 31.2 Å². The van der Waals surface area contributed by atoms with Crippen molar-refractivity contribution in [3.63, 3.8) is 0 Å². The number of hydrogen-bond acceptors (Lipinski definition) is 5. The van der Waals surface area contributed by atoms with Crippen molar-refractivity contribution in [1.29, 1.82) is 0 Å². The smallest absolute Gasteiger partial charge is 0.349 e. The SMILES string of the molecule is CCCC(C)c1cc(C)c(C(=O)Nc2cccc(N3C(=O)CNC3=O)c2)c(=O)o1. The topological polar surface area (TPSA) is 109 Å². The second-order valence-electron chi connectivity index (χ2n) is 7.08. The van der Waals surface area contributed by atoms with E-state index in [9.17, 15) is 19.2 Å². The molecule has 1 aliphatic heterocycles. The van der Waals surface area contributed by atoms with Gasteiger partial charge in [-0.1, -0.05) is 26.3 Å². The molecule has 3 rings (SSSR count). The maximum absolute atomic E-state index is 12.7. The Morgan fingerprint density at radius 3 is 2.66 bits per heavy atom. The van der Waals surface area contributed by atoms with Gasteiger partial charge in [0.2, 0.25) is 0 Å². The highest BCUT2D eigenvalue weighted by Gasteiger charge is 2.30. The van der Waals surface area contributed by atoms with Crippen LogP contribution in [0.2, 0.25) is 0 Å². The number of anilines is 2. The fourth-order valence-corrected chi connectivity index (χ4v) is 3.32. The summed E-state index contributed by atoms with van der Waals surface area (Å²) in [5, 5.41) is 5.08. The normalized spacial score (nSPS) is 14.7. The summed E-state index contributed by atoms with van der Waals surface area (Å²) in [5.41, 5.74) is 0.447. The van der Waals surface area contributed by atoms with Crippen LogP contribution in [0.1, 0.15) is 54.3 Å². The molecule has 0 bridgehead atoms. The lowest BCUT2D eigenvalue weighted by molar-refractivity contribution is -0.115. The third-order valence-corrected chi connectivity index (χ3v) is 4.81. The van der Waals surface area contributed by atoms with Crippen molar-refractivity contribution < 1.29 is 18.8 Å². The van der Waals surface area contributed by atoms with Gasteiger partial charge in [-0.2, -0.15) is 0 Å². The van der Waals surface area contributed by atoms with Crippen molar-refractivity contribution in [3.05, 3.63) is 57.6 Å². The van der Waals surface area contributed by atoms with Crippen LogP contribution in [0.4, 0.5) is 16.2 Å². The van der Waals surface area contributed by atoms with Gasteiger partial charge in [-0.25, -0.2) is 14.5 Å². The molecule has 0 spiro atoms. The number of imide groups is 1. The summed E-state index contributed by atoms with van der Waals surface area (Å²) >= 11 is 0. The molecule has 8 heteroatoms. The minimum atomic E-state index is -0.689. The van der Waals surface area contributed by atoms with E-state index in [1.807, 2.05) is 6.92 Å². The second kappa shape index (κ2) is 8.30. The van der Waals surface area contributed by atoms with Crippen LogP contribution in [0.3, 0.4) is 0 Å². The van der Waals surface area contributed by atoms with Crippen molar-refractivity contribution in [2.45, 2.75) is 39.5 Å². The molecule has 2 aromatic rings. The van der Waals surface area contributed by atoms with Crippen LogP contribution >= 0.6 is 0 Å². The van der Waals surface area contributed by atoms with Crippen molar-refractivity contribution in [2.24, 2.45) is 0 Å². The Kier molecular flexibility index (Phi) is 5.81. The number of rotatable bonds is 6. The zero-order valence-corrected chi connectivity index (χ0v) is 16.6. The van der Waals surface area contributed by atoms with Gasteiger partial charge < -0.3 is 15.1 Å². The van der Waals surface area contributed by atoms with Gasteiger partial charge in [0.15, 0.2) is 0 Å². The molecule has 0 radical (unpaired) electrons. The van der Waals surface area contributed by atoms with Crippen LogP contribution < -0.4 is 21.2 Å². The summed E-state index contributed by atoms with van der Waals surface area (Å²) in [5.74, 6) is -0.345. The van der Waals surface area contributed by atoms with Crippen molar-refractivity contribution >= 4 is 29.2 Å². The predicted octanol–water partition coefficient (Wildman–Crippen LogP) is 3.16. The van der Waals surface area contributed by atoms with Crippen LogP contribution in [0.5, 0.6) is 0 Å². The van der Waals surface area contributed by atoms with E-state index >= 15 is 0 Å². The summed E-state index contributed by atoms with van der Waals surface area (Å²) in [6, 6.07) is 7.49. The molecule has 2 N–H and O–H groups in total. The molecule has 8 nitrogen and oxygen atoms in total. The van der Waals surface area contributed by atoms with E-state index in [1.165, 1.54) is 6.07 Å². The Hall–Kier alpha value is -3.42. The highest BCUT2D eigenvalue weighted by atomic mass is 16.4. The molecule has 1 aromatic carbocycles. The van der Waals surface area contributed by atoms with Gasteiger partial charge in [0.25, 0.3) is 11.8 Å². The fraction of sp³-hybridized carbons (Fsp3) is 0.333. The first-order chi connectivity index (χ1) is 13.8. The third-order valence-electron chi connectivity index (χ3n) is 4.81. The fourth-order valence-electron chi connectivity index (χ4n) is 3.32. The lowest BCUT2D eigenvalue weighted by Crippen LogP contribution is -2.30. The molecule has 29 heavy (non-hydrogen) atoms. The first-order valence-electron chi connectivity index (χ1n) is 9.48. The number of carbonyl (C=O) groups is 3. The number of nitrogens with one attached hydrogen (secondary N) is 2. The van der Waals surface area contributed by atoms with Gasteiger partial charge in [-0.15, -0.1) is 0 Å². The van der Waals surface area contributed by atoms with Crippen LogP contribution in [0, 0.1) is 6.92 Å². The summed E-state index contributed by atoms with van der Waals surface area (Å²) in [4.78, 5) is 49.8. The molecule has 1 fully saturated rings. The maximum atomic E-state index is 12.7. The molecule has 2 heterocycles. The molecule has 152 valence electrons. The maximum Gasteiger partial charge on any atom is 0.349 e. The highest BCUT2D eigenvalue weighted by molar-refractivity contribution is 6.20. The van der Waals surface area contributed by atoms with E-state index in [2.05, 4.69) is 17.6 Å². The molecule has 4 amide bonds. The van der Waals surface area contributed by atoms with E-state index in [-0.39, 0.29) is 23.9 Å². The Morgan fingerprint density at radius 1 is 1.28 bits per heavy atom. The number of carbonyl (C=O) groups excluding carboxylic acids is 3. The number of urea groups is 1. The lowest BCUT2D eigenvalue weighted by Gasteiger charge is -2.14. The molecule has 1 aromatic heterocycles. The summed E-state index contributed by atoms with van der Waals surface area (Å²) in [6.45, 7) is 5.65. The number of hydrogen-bond donors (Lipinski definition) is 2. The van der Waals surface area contributed by atoms with Crippen molar-refractivity contribution in [2.75, 3.05) is 16.8 Å². The summed E-state index contributed by atoms with van der Waals surface area (Å²) < 4.78 is 5.37. The van der Waals surface area contributed by atoms with E-state index in [0.29, 0.717) is 22.7 Å². The minimum Gasteiger partial charge on any atom is -0.427 e. The van der Waals surface area contributed by atoms with Gasteiger partial charge in [0.1, 0.15) is 11.3 Å².